The quantitative estimate of drug-likeness (QED) is 0.758. The predicted molar refractivity (Wildman–Crippen MR) is 64.1 cm³/mol. The third-order valence-electron chi connectivity index (χ3n) is 2.64. The molecule has 0 saturated heterocycles. The molecular weight excluding hydrogens is 224 g/mol. The van der Waals surface area contributed by atoms with Crippen molar-refractivity contribution in [2.45, 2.75) is 33.4 Å². The van der Waals surface area contributed by atoms with Crippen LogP contribution in [0.15, 0.2) is 0 Å². The molecule has 0 aliphatic carbocycles. The molecule has 0 bridgehead atoms. The van der Waals surface area contributed by atoms with E-state index >= 15 is 0 Å². The van der Waals surface area contributed by atoms with E-state index < -0.39 is 0 Å². The average molecular weight is 241 g/mol. The summed E-state index contributed by atoms with van der Waals surface area (Å²) in [5, 5.41) is 13.7. The molecule has 0 N–H and O–H groups in total. The number of halogens is 1. The van der Waals surface area contributed by atoms with Crippen LogP contribution < -0.4 is 0 Å². The van der Waals surface area contributed by atoms with Gasteiger partial charge >= 0.3 is 0 Å². The molecule has 0 saturated carbocycles. The van der Waals surface area contributed by atoms with Crippen LogP contribution in [0.1, 0.15) is 25.1 Å². The minimum atomic E-state index is 0.315. The Balaban J connectivity index is 2.90. The molecule has 1 aromatic heterocycles. The number of rotatable bonds is 4. The topological polar surface area (TPSA) is 44.9 Å². The monoisotopic (exact) mass is 240 g/mol. The van der Waals surface area contributed by atoms with E-state index in [0.717, 1.165) is 11.3 Å². The molecule has 0 radical (unpaired) electrons. The van der Waals surface area contributed by atoms with Gasteiger partial charge < -0.3 is 0 Å². The molecule has 0 unspecified atom stereocenters. The molecule has 16 heavy (non-hydrogen) atoms. The molecule has 1 heterocycles. The minimum absolute atomic E-state index is 0.315. The van der Waals surface area contributed by atoms with Crippen molar-refractivity contribution in [3.8, 4) is 6.07 Å². The summed E-state index contributed by atoms with van der Waals surface area (Å²) < 4.78 is 1.66. The zero-order valence-electron chi connectivity index (χ0n) is 10.2. The number of nitrogens with zero attached hydrogens (tertiary/aromatic N) is 4. The Hall–Kier alpha value is -1.05. The molecule has 88 valence electrons. The van der Waals surface area contributed by atoms with Gasteiger partial charge in [-0.25, -0.2) is 0 Å². The highest BCUT2D eigenvalue weighted by Gasteiger charge is 2.16. The standard InChI is InChI=1S/C11H17ClN4/c1-8(2)16(6-5-13)7-10-9(3)14-15(4)11(10)12/h8H,6-7H2,1-4H3. The number of hydrogen-bond acceptors (Lipinski definition) is 3. The van der Waals surface area contributed by atoms with Crippen molar-refractivity contribution in [3.63, 3.8) is 0 Å². The Bertz CT molecular complexity index is 403. The highest BCUT2D eigenvalue weighted by atomic mass is 35.5. The van der Waals surface area contributed by atoms with Crippen LogP contribution in [0, 0.1) is 18.3 Å². The molecule has 0 fully saturated rings. The molecule has 1 rings (SSSR count). The summed E-state index contributed by atoms with van der Waals surface area (Å²) >= 11 is 6.15. The fraction of sp³-hybridized carbons (Fsp3) is 0.636. The molecule has 1 aromatic rings. The first-order valence-corrected chi connectivity index (χ1v) is 5.64. The lowest BCUT2D eigenvalue weighted by molar-refractivity contribution is 0.240. The SMILES string of the molecule is Cc1nn(C)c(Cl)c1CN(CC#N)C(C)C. The average Bonchev–Trinajstić information content (AvgIpc) is 2.43. The van der Waals surface area contributed by atoms with Crippen molar-refractivity contribution >= 4 is 11.6 Å². The van der Waals surface area contributed by atoms with Crippen LogP contribution in [0.5, 0.6) is 0 Å². The largest absolute Gasteiger partial charge is 0.284 e. The Kier molecular flexibility index (Phi) is 4.34. The first kappa shape index (κ1) is 13.0. The van der Waals surface area contributed by atoms with E-state index in [1.54, 1.807) is 4.68 Å². The van der Waals surface area contributed by atoms with Crippen LogP contribution in [0.4, 0.5) is 0 Å². The predicted octanol–water partition coefficient (Wildman–Crippen LogP) is 2.12. The Morgan fingerprint density at radius 1 is 1.56 bits per heavy atom. The van der Waals surface area contributed by atoms with Gasteiger partial charge in [-0.2, -0.15) is 10.4 Å². The maximum atomic E-state index is 8.76. The van der Waals surface area contributed by atoms with Gasteiger partial charge in [0.15, 0.2) is 0 Å². The molecule has 0 atom stereocenters. The Labute approximate surface area is 101 Å². The molecule has 5 heteroatoms. The fourth-order valence-corrected chi connectivity index (χ4v) is 1.80. The van der Waals surface area contributed by atoms with Gasteiger partial charge in [0.05, 0.1) is 18.3 Å². The fourth-order valence-electron chi connectivity index (χ4n) is 1.57. The second kappa shape index (κ2) is 5.33. The van der Waals surface area contributed by atoms with E-state index in [4.69, 9.17) is 16.9 Å². The number of hydrogen-bond donors (Lipinski definition) is 0. The lowest BCUT2D eigenvalue weighted by Gasteiger charge is -2.23. The lowest BCUT2D eigenvalue weighted by atomic mass is 10.2. The zero-order valence-corrected chi connectivity index (χ0v) is 10.9. The Morgan fingerprint density at radius 3 is 2.56 bits per heavy atom. The van der Waals surface area contributed by atoms with Gasteiger partial charge in [0.1, 0.15) is 5.15 Å². The van der Waals surface area contributed by atoms with Crippen molar-refractivity contribution < 1.29 is 0 Å². The van der Waals surface area contributed by atoms with Gasteiger partial charge in [-0.15, -0.1) is 0 Å². The van der Waals surface area contributed by atoms with Gasteiger partial charge in [0.2, 0.25) is 0 Å². The van der Waals surface area contributed by atoms with Crippen LogP contribution >= 0.6 is 11.6 Å². The van der Waals surface area contributed by atoms with E-state index in [1.807, 2.05) is 14.0 Å². The van der Waals surface area contributed by atoms with Crippen molar-refractivity contribution in [1.82, 2.24) is 14.7 Å². The van der Waals surface area contributed by atoms with E-state index in [-0.39, 0.29) is 0 Å². The molecule has 0 amide bonds. The molecule has 0 spiro atoms. The summed E-state index contributed by atoms with van der Waals surface area (Å²) in [7, 11) is 1.82. The molecule has 0 aromatic carbocycles. The van der Waals surface area contributed by atoms with Crippen molar-refractivity contribution in [2.75, 3.05) is 6.54 Å². The third kappa shape index (κ3) is 2.75. The molecule has 4 nitrogen and oxygen atoms in total. The van der Waals surface area contributed by atoms with Gasteiger partial charge in [-0.3, -0.25) is 9.58 Å². The van der Waals surface area contributed by atoms with Crippen molar-refractivity contribution in [1.29, 1.82) is 5.26 Å². The van der Waals surface area contributed by atoms with Crippen LogP contribution in [0.25, 0.3) is 0 Å². The maximum Gasteiger partial charge on any atom is 0.131 e. The maximum absolute atomic E-state index is 8.76. The Morgan fingerprint density at radius 2 is 2.19 bits per heavy atom. The van der Waals surface area contributed by atoms with Crippen LogP contribution in [-0.4, -0.2) is 27.3 Å². The molecule has 0 aliphatic heterocycles. The van der Waals surface area contributed by atoms with Gasteiger partial charge in [-0.1, -0.05) is 11.6 Å². The van der Waals surface area contributed by atoms with E-state index in [1.165, 1.54) is 0 Å². The first-order chi connectivity index (χ1) is 7.47. The molecule has 0 aliphatic rings. The first-order valence-electron chi connectivity index (χ1n) is 5.26. The van der Waals surface area contributed by atoms with E-state index in [9.17, 15) is 0 Å². The van der Waals surface area contributed by atoms with Crippen LogP contribution in [-0.2, 0) is 13.6 Å². The summed E-state index contributed by atoms with van der Waals surface area (Å²) in [6.45, 7) is 7.14. The normalized spacial score (nSPS) is 11.1. The summed E-state index contributed by atoms with van der Waals surface area (Å²) in [4.78, 5) is 2.07. The van der Waals surface area contributed by atoms with Gasteiger partial charge in [-0.05, 0) is 20.8 Å². The highest BCUT2D eigenvalue weighted by molar-refractivity contribution is 6.30. The summed E-state index contributed by atoms with van der Waals surface area (Å²) in [6.07, 6.45) is 0. The zero-order chi connectivity index (χ0) is 12.3. The van der Waals surface area contributed by atoms with Gasteiger partial charge in [0, 0.05) is 25.2 Å². The van der Waals surface area contributed by atoms with Gasteiger partial charge in [0.25, 0.3) is 0 Å². The summed E-state index contributed by atoms with van der Waals surface area (Å²) in [5.41, 5.74) is 1.93. The number of aromatic nitrogens is 2. The lowest BCUT2D eigenvalue weighted by Crippen LogP contribution is -2.30. The minimum Gasteiger partial charge on any atom is -0.284 e. The van der Waals surface area contributed by atoms with E-state index in [2.05, 4.69) is 29.9 Å². The smallest absolute Gasteiger partial charge is 0.131 e. The van der Waals surface area contributed by atoms with E-state index in [0.29, 0.717) is 24.3 Å². The summed E-state index contributed by atoms with van der Waals surface area (Å²) in [5.74, 6) is 0. The van der Waals surface area contributed by atoms with Crippen molar-refractivity contribution in [3.05, 3.63) is 16.4 Å². The van der Waals surface area contributed by atoms with Crippen LogP contribution in [0.2, 0.25) is 5.15 Å². The number of aryl methyl sites for hydroxylation is 2. The second-order valence-corrected chi connectivity index (χ2v) is 4.49. The van der Waals surface area contributed by atoms with Crippen LogP contribution in [0.3, 0.4) is 0 Å². The molecular formula is C11H17ClN4. The summed E-state index contributed by atoms with van der Waals surface area (Å²) in [6, 6.07) is 2.49. The highest BCUT2D eigenvalue weighted by Crippen LogP contribution is 2.21. The van der Waals surface area contributed by atoms with Crippen molar-refractivity contribution in [2.24, 2.45) is 7.05 Å². The second-order valence-electron chi connectivity index (χ2n) is 4.14. The third-order valence-corrected chi connectivity index (χ3v) is 3.11. The number of nitriles is 1.